The van der Waals surface area contributed by atoms with Crippen molar-refractivity contribution in [3.8, 4) is 6.07 Å². The zero-order valence-corrected chi connectivity index (χ0v) is 8.25. The van der Waals surface area contributed by atoms with Gasteiger partial charge in [0.25, 0.3) is 5.89 Å². The quantitative estimate of drug-likeness (QED) is 0.719. The van der Waals surface area contributed by atoms with Crippen LogP contribution in [0.5, 0.6) is 0 Å². The van der Waals surface area contributed by atoms with Crippen LogP contribution in [0.15, 0.2) is 28.7 Å². The van der Waals surface area contributed by atoms with Crippen LogP contribution in [0.3, 0.4) is 0 Å². The second-order valence-electron chi connectivity index (χ2n) is 3.14. The maximum absolute atomic E-state index is 10.3. The first-order valence-corrected chi connectivity index (χ1v) is 4.58. The number of aromatic nitrogens is 2. The normalized spacial score (nSPS) is 9.69. The lowest BCUT2D eigenvalue weighted by molar-refractivity contribution is 0.109. The van der Waals surface area contributed by atoms with Crippen molar-refractivity contribution >= 4 is 6.29 Å². The van der Waals surface area contributed by atoms with Gasteiger partial charge in [-0.05, 0) is 17.7 Å². The minimum Gasteiger partial charge on any atom is -0.418 e. The van der Waals surface area contributed by atoms with Gasteiger partial charge in [0, 0.05) is 0 Å². The van der Waals surface area contributed by atoms with E-state index >= 15 is 0 Å². The number of carbonyl (C=O) groups excluding carboxylic acids is 1. The van der Waals surface area contributed by atoms with Gasteiger partial charge in [0.1, 0.15) is 0 Å². The maximum Gasteiger partial charge on any atom is 0.280 e. The number of aldehydes is 1. The van der Waals surface area contributed by atoms with Crippen LogP contribution < -0.4 is 0 Å². The standard InChI is InChI=1S/C11H7N3O2/c12-6-9-3-1-2-8(4-9)5-10-13-14-11(7-15)16-10/h1-4,7H,5H2. The summed E-state index contributed by atoms with van der Waals surface area (Å²) in [6.45, 7) is 0. The minimum atomic E-state index is -0.0357. The zero-order valence-electron chi connectivity index (χ0n) is 8.25. The van der Waals surface area contributed by atoms with Crippen molar-refractivity contribution in [1.82, 2.24) is 10.2 Å². The predicted molar refractivity (Wildman–Crippen MR) is 53.6 cm³/mol. The SMILES string of the molecule is N#Cc1cccc(Cc2nnc(C=O)o2)c1. The average Bonchev–Trinajstić information content (AvgIpc) is 2.77. The van der Waals surface area contributed by atoms with Gasteiger partial charge in [-0.15, -0.1) is 10.2 Å². The number of carbonyl (C=O) groups is 1. The number of benzene rings is 1. The van der Waals surface area contributed by atoms with Crippen LogP contribution >= 0.6 is 0 Å². The summed E-state index contributed by atoms with van der Waals surface area (Å²) >= 11 is 0. The summed E-state index contributed by atoms with van der Waals surface area (Å²) in [5.74, 6) is 0.323. The van der Waals surface area contributed by atoms with Gasteiger partial charge in [-0.1, -0.05) is 12.1 Å². The Morgan fingerprint density at radius 1 is 1.44 bits per heavy atom. The fourth-order valence-electron chi connectivity index (χ4n) is 1.31. The van der Waals surface area contributed by atoms with Gasteiger partial charge < -0.3 is 4.42 Å². The Balaban J connectivity index is 2.20. The number of nitriles is 1. The molecule has 0 atom stereocenters. The van der Waals surface area contributed by atoms with Crippen molar-refractivity contribution in [2.75, 3.05) is 0 Å². The number of rotatable bonds is 3. The molecule has 0 saturated heterocycles. The van der Waals surface area contributed by atoms with E-state index in [0.717, 1.165) is 5.56 Å². The molecule has 0 fully saturated rings. The predicted octanol–water partition coefficient (Wildman–Crippen LogP) is 1.34. The van der Waals surface area contributed by atoms with E-state index in [1.165, 1.54) is 0 Å². The molecule has 0 bridgehead atoms. The van der Waals surface area contributed by atoms with Crippen LogP contribution in [0, 0.1) is 11.3 Å². The van der Waals surface area contributed by atoms with Crippen molar-refractivity contribution in [2.24, 2.45) is 0 Å². The molecular formula is C11H7N3O2. The van der Waals surface area contributed by atoms with E-state index in [2.05, 4.69) is 10.2 Å². The van der Waals surface area contributed by atoms with E-state index in [0.29, 0.717) is 24.2 Å². The summed E-state index contributed by atoms with van der Waals surface area (Å²) in [5, 5.41) is 16.0. The fourth-order valence-corrected chi connectivity index (χ4v) is 1.31. The summed E-state index contributed by atoms with van der Waals surface area (Å²) in [4.78, 5) is 10.3. The highest BCUT2D eigenvalue weighted by atomic mass is 16.4. The largest absolute Gasteiger partial charge is 0.418 e. The van der Waals surface area contributed by atoms with E-state index in [1.807, 2.05) is 12.1 Å². The zero-order chi connectivity index (χ0) is 11.4. The molecule has 0 aliphatic carbocycles. The summed E-state index contributed by atoms with van der Waals surface area (Å²) in [5.41, 5.74) is 1.47. The minimum absolute atomic E-state index is 0.0357. The van der Waals surface area contributed by atoms with Crippen molar-refractivity contribution < 1.29 is 9.21 Å². The highest BCUT2D eigenvalue weighted by Crippen LogP contribution is 2.09. The molecule has 0 unspecified atom stereocenters. The third kappa shape index (κ3) is 2.12. The molecule has 2 aromatic rings. The molecule has 0 radical (unpaired) electrons. The van der Waals surface area contributed by atoms with Gasteiger partial charge in [0.05, 0.1) is 18.1 Å². The summed E-state index contributed by atoms with van der Waals surface area (Å²) in [7, 11) is 0. The molecule has 1 heterocycles. The molecule has 1 aromatic carbocycles. The van der Waals surface area contributed by atoms with Gasteiger partial charge >= 0.3 is 0 Å². The lowest BCUT2D eigenvalue weighted by Gasteiger charge is -1.96. The van der Waals surface area contributed by atoms with E-state index in [-0.39, 0.29) is 5.89 Å². The van der Waals surface area contributed by atoms with Crippen molar-refractivity contribution in [1.29, 1.82) is 5.26 Å². The summed E-state index contributed by atoms with van der Waals surface area (Å²) < 4.78 is 5.04. The monoisotopic (exact) mass is 213 g/mol. The smallest absolute Gasteiger partial charge is 0.280 e. The Bertz CT molecular complexity index is 554. The molecule has 2 rings (SSSR count). The first-order chi connectivity index (χ1) is 7.81. The second-order valence-corrected chi connectivity index (χ2v) is 3.14. The van der Waals surface area contributed by atoms with Gasteiger partial charge in [-0.2, -0.15) is 5.26 Å². The van der Waals surface area contributed by atoms with Gasteiger partial charge in [0.15, 0.2) is 0 Å². The number of hydrogen-bond donors (Lipinski definition) is 0. The van der Waals surface area contributed by atoms with Crippen LogP contribution in [0.1, 0.15) is 27.7 Å². The maximum atomic E-state index is 10.3. The second kappa shape index (κ2) is 4.36. The molecule has 0 aliphatic rings. The first-order valence-electron chi connectivity index (χ1n) is 4.58. The molecule has 1 aromatic heterocycles. The third-order valence-electron chi connectivity index (χ3n) is 1.99. The molecule has 16 heavy (non-hydrogen) atoms. The topological polar surface area (TPSA) is 79.8 Å². The Morgan fingerprint density at radius 3 is 3.00 bits per heavy atom. The Kier molecular flexibility index (Phi) is 2.74. The lowest BCUT2D eigenvalue weighted by Crippen LogP contribution is -1.89. The number of hydrogen-bond acceptors (Lipinski definition) is 5. The number of nitrogens with zero attached hydrogens (tertiary/aromatic N) is 3. The van der Waals surface area contributed by atoms with Crippen molar-refractivity contribution in [3.63, 3.8) is 0 Å². The molecule has 0 aliphatic heterocycles. The van der Waals surface area contributed by atoms with Crippen LogP contribution in [0.4, 0.5) is 0 Å². The Hall–Kier alpha value is -2.48. The molecule has 5 heteroatoms. The van der Waals surface area contributed by atoms with Crippen molar-refractivity contribution in [3.05, 3.63) is 47.2 Å². The van der Waals surface area contributed by atoms with Crippen LogP contribution in [-0.2, 0) is 6.42 Å². The van der Waals surface area contributed by atoms with Gasteiger partial charge in [-0.3, -0.25) is 4.79 Å². The first kappa shape index (κ1) is 10.1. The summed E-state index contributed by atoms with van der Waals surface area (Å²) in [6, 6.07) is 9.14. The lowest BCUT2D eigenvalue weighted by atomic mass is 10.1. The van der Waals surface area contributed by atoms with E-state index in [1.54, 1.807) is 18.2 Å². The molecule has 0 spiro atoms. The average molecular weight is 213 g/mol. The molecule has 5 nitrogen and oxygen atoms in total. The molecule has 0 saturated carbocycles. The Labute approximate surface area is 91.3 Å². The highest BCUT2D eigenvalue weighted by Gasteiger charge is 2.06. The molecule has 78 valence electrons. The molecule has 0 amide bonds. The van der Waals surface area contributed by atoms with Crippen LogP contribution in [-0.4, -0.2) is 16.5 Å². The summed E-state index contributed by atoms with van der Waals surface area (Å²) in [6.07, 6.45) is 0.915. The van der Waals surface area contributed by atoms with Crippen LogP contribution in [0.25, 0.3) is 0 Å². The molecule has 0 N–H and O–H groups in total. The fraction of sp³-hybridized carbons (Fsp3) is 0.0909. The Morgan fingerprint density at radius 2 is 2.31 bits per heavy atom. The van der Waals surface area contributed by atoms with Crippen LogP contribution in [0.2, 0.25) is 0 Å². The van der Waals surface area contributed by atoms with E-state index in [4.69, 9.17) is 9.68 Å². The van der Waals surface area contributed by atoms with Crippen molar-refractivity contribution in [2.45, 2.75) is 6.42 Å². The van der Waals surface area contributed by atoms with Gasteiger partial charge in [-0.25, -0.2) is 0 Å². The molecular weight excluding hydrogens is 206 g/mol. The third-order valence-corrected chi connectivity index (χ3v) is 1.99. The highest BCUT2D eigenvalue weighted by molar-refractivity contribution is 5.66. The van der Waals surface area contributed by atoms with Gasteiger partial charge in [0.2, 0.25) is 12.2 Å². The van der Waals surface area contributed by atoms with E-state index < -0.39 is 0 Å². The van der Waals surface area contributed by atoms with E-state index in [9.17, 15) is 4.79 Å².